The maximum absolute atomic E-state index is 11.8. The highest BCUT2D eigenvalue weighted by Gasteiger charge is 2.41. The highest BCUT2D eigenvalue weighted by atomic mass is 16.5. The molecule has 1 aliphatic carbocycles. The van der Waals surface area contributed by atoms with Gasteiger partial charge >= 0.3 is 11.9 Å². The van der Waals surface area contributed by atoms with Gasteiger partial charge in [-0.25, -0.2) is 0 Å². The van der Waals surface area contributed by atoms with Crippen LogP contribution in [-0.2, 0) is 14.3 Å². The van der Waals surface area contributed by atoms with Gasteiger partial charge in [0.15, 0.2) is 0 Å². The number of carboxylic acids is 1. The molecule has 1 rings (SSSR count). The number of ether oxygens (including phenoxy) is 1. The first kappa shape index (κ1) is 12.7. The number of rotatable bonds is 4. The van der Waals surface area contributed by atoms with Crippen molar-refractivity contribution in [3.63, 3.8) is 0 Å². The summed E-state index contributed by atoms with van der Waals surface area (Å²) in [6, 6.07) is 0. The van der Waals surface area contributed by atoms with E-state index in [0.29, 0.717) is 6.42 Å². The van der Waals surface area contributed by atoms with Crippen LogP contribution in [0.15, 0.2) is 11.6 Å². The third-order valence-electron chi connectivity index (χ3n) is 3.11. The number of methoxy groups -OCH3 is 1. The second-order valence-corrected chi connectivity index (χ2v) is 4.23. The lowest BCUT2D eigenvalue weighted by Gasteiger charge is -2.31. The van der Waals surface area contributed by atoms with Crippen molar-refractivity contribution in [1.82, 2.24) is 0 Å². The normalized spacial score (nSPS) is 24.8. The number of hydrogen-bond donors (Lipinski definition) is 1. The summed E-state index contributed by atoms with van der Waals surface area (Å²) in [4.78, 5) is 22.6. The molecule has 0 aromatic carbocycles. The number of esters is 1. The smallest absolute Gasteiger partial charge is 0.316 e. The number of allylic oxidation sites excluding steroid dienone is 1. The van der Waals surface area contributed by atoms with Crippen LogP contribution in [0.4, 0.5) is 0 Å². The third kappa shape index (κ3) is 2.62. The summed E-state index contributed by atoms with van der Waals surface area (Å²) in [5.41, 5.74) is 0.211. The monoisotopic (exact) mass is 226 g/mol. The lowest BCUT2D eigenvalue weighted by Crippen LogP contribution is -2.35. The number of carboxylic acid groups (broad SMARTS) is 1. The van der Waals surface area contributed by atoms with Crippen LogP contribution >= 0.6 is 0 Å². The van der Waals surface area contributed by atoms with Crippen molar-refractivity contribution in [2.24, 2.45) is 5.41 Å². The van der Waals surface area contributed by atoms with E-state index < -0.39 is 17.4 Å². The minimum atomic E-state index is -0.959. The van der Waals surface area contributed by atoms with E-state index in [1.807, 2.05) is 13.0 Å². The summed E-state index contributed by atoms with van der Waals surface area (Å²) >= 11 is 0. The SMILES string of the molecule is CCC1=C[C@](CC(=O)O)(C(=O)OC)CCC1. The van der Waals surface area contributed by atoms with Crippen molar-refractivity contribution in [2.45, 2.75) is 39.0 Å². The first-order valence-electron chi connectivity index (χ1n) is 5.55. The van der Waals surface area contributed by atoms with Crippen LogP contribution < -0.4 is 0 Å². The quantitative estimate of drug-likeness (QED) is 0.589. The average molecular weight is 226 g/mol. The van der Waals surface area contributed by atoms with Gasteiger partial charge in [-0.3, -0.25) is 9.59 Å². The number of aliphatic carboxylic acids is 1. The highest BCUT2D eigenvalue weighted by Crippen LogP contribution is 2.39. The van der Waals surface area contributed by atoms with Gasteiger partial charge in [-0.05, 0) is 25.7 Å². The van der Waals surface area contributed by atoms with E-state index >= 15 is 0 Å². The van der Waals surface area contributed by atoms with Gasteiger partial charge in [0.25, 0.3) is 0 Å². The molecule has 0 unspecified atom stereocenters. The maximum Gasteiger partial charge on any atom is 0.316 e. The van der Waals surface area contributed by atoms with E-state index in [9.17, 15) is 9.59 Å². The van der Waals surface area contributed by atoms with Crippen LogP contribution in [0.25, 0.3) is 0 Å². The first-order valence-corrected chi connectivity index (χ1v) is 5.55. The van der Waals surface area contributed by atoms with Crippen LogP contribution in [0.1, 0.15) is 39.0 Å². The van der Waals surface area contributed by atoms with Crippen molar-refractivity contribution >= 4 is 11.9 Å². The van der Waals surface area contributed by atoms with Crippen molar-refractivity contribution < 1.29 is 19.4 Å². The van der Waals surface area contributed by atoms with Crippen LogP contribution in [0.3, 0.4) is 0 Å². The molecule has 1 aliphatic rings. The molecule has 0 spiro atoms. The topological polar surface area (TPSA) is 63.6 Å². The second kappa shape index (κ2) is 5.14. The maximum atomic E-state index is 11.8. The molecule has 0 radical (unpaired) electrons. The minimum absolute atomic E-state index is 0.177. The Labute approximate surface area is 95.3 Å². The second-order valence-electron chi connectivity index (χ2n) is 4.23. The zero-order chi connectivity index (χ0) is 12.2. The summed E-state index contributed by atoms with van der Waals surface area (Å²) in [5, 5.41) is 8.90. The van der Waals surface area contributed by atoms with Gasteiger partial charge in [0, 0.05) is 0 Å². The van der Waals surface area contributed by atoms with E-state index in [2.05, 4.69) is 0 Å². The molecule has 0 heterocycles. The van der Waals surface area contributed by atoms with Crippen molar-refractivity contribution in [3.8, 4) is 0 Å². The molecular formula is C12H18O4. The van der Waals surface area contributed by atoms with Crippen LogP contribution in [0.5, 0.6) is 0 Å². The summed E-state index contributed by atoms with van der Waals surface area (Å²) in [6.07, 6.45) is 4.87. The van der Waals surface area contributed by atoms with Gasteiger partial charge < -0.3 is 9.84 Å². The summed E-state index contributed by atoms with van der Waals surface area (Å²) in [6.45, 7) is 2.01. The molecule has 4 heteroatoms. The van der Waals surface area contributed by atoms with E-state index in [0.717, 1.165) is 24.8 Å². The molecule has 1 N–H and O–H groups in total. The molecule has 16 heavy (non-hydrogen) atoms. The number of carbonyl (C=O) groups is 2. The Morgan fingerprint density at radius 2 is 2.25 bits per heavy atom. The molecule has 0 fully saturated rings. The molecule has 0 amide bonds. The predicted octanol–water partition coefficient (Wildman–Crippen LogP) is 2.14. The molecule has 0 aromatic rings. The zero-order valence-corrected chi connectivity index (χ0v) is 9.78. The van der Waals surface area contributed by atoms with E-state index in [-0.39, 0.29) is 6.42 Å². The Morgan fingerprint density at radius 3 is 2.75 bits per heavy atom. The number of carbonyl (C=O) groups excluding carboxylic acids is 1. The molecular weight excluding hydrogens is 208 g/mol. The van der Waals surface area contributed by atoms with Crippen LogP contribution in [0, 0.1) is 5.41 Å². The molecule has 0 saturated carbocycles. The van der Waals surface area contributed by atoms with Gasteiger partial charge in [-0.15, -0.1) is 0 Å². The zero-order valence-electron chi connectivity index (χ0n) is 9.78. The van der Waals surface area contributed by atoms with E-state index in [4.69, 9.17) is 9.84 Å². The summed E-state index contributed by atoms with van der Waals surface area (Å²) in [7, 11) is 1.31. The lowest BCUT2D eigenvalue weighted by atomic mass is 9.73. The van der Waals surface area contributed by atoms with Crippen molar-refractivity contribution in [1.29, 1.82) is 0 Å². The predicted molar refractivity (Wildman–Crippen MR) is 58.9 cm³/mol. The fourth-order valence-electron chi connectivity index (χ4n) is 2.29. The Hall–Kier alpha value is -1.32. The molecule has 0 aliphatic heterocycles. The van der Waals surface area contributed by atoms with Gasteiger partial charge in [0.1, 0.15) is 0 Å². The minimum Gasteiger partial charge on any atom is -0.481 e. The van der Waals surface area contributed by atoms with Gasteiger partial charge in [0.2, 0.25) is 0 Å². The third-order valence-corrected chi connectivity index (χ3v) is 3.11. The molecule has 0 saturated heterocycles. The Balaban J connectivity index is 3.03. The molecule has 0 bridgehead atoms. The van der Waals surface area contributed by atoms with Gasteiger partial charge in [0.05, 0.1) is 18.9 Å². The van der Waals surface area contributed by atoms with Crippen molar-refractivity contribution in [3.05, 3.63) is 11.6 Å². The Bertz CT molecular complexity index is 319. The molecule has 4 nitrogen and oxygen atoms in total. The van der Waals surface area contributed by atoms with Gasteiger partial charge in [-0.2, -0.15) is 0 Å². The molecule has 90 valence electrons. The Kier molecular flexibility index (Phi) is 4.10. The summed E-state index contributed by atoms with van der Waals surface area (Å²) in [5.74, 6) is -1.39. The molecule has 0 aromatic heterocycles. The van der Waals surface area contributed by atoms with Crippen LogP contribution in [-0.4, -0.2) is 24.2 Å². The fraction of sp³-hybridized carbons (Fsp3) is 0.667. The van der Waals surface area contributed by atoms with E-state index in [1.165, 1.54) is 7.11 Å². The largest absolute Gasteiger partial charge is 0.481 e. The summed E-state index contributed by atoms with van der Waals surface area (Å²) < 4.78 is 4.74. The fourth-order valence-corrected chi connectivity index (χ4v) is 2.29. The van der Waals surface area contributed by atoms with Gasteiger partial charge in [-0.1, -0.05) is 18.6 Å². The standard InChI is InChI=1S/C12H18O4/c1-3-9-5-4-6-12(7-9,8-10(13)14)11(15)16-2/h7H,3-6,8H2,1-2H3,(H,13,14)/t12-/m1/s1. The average Bonchev–Trinajstić information content (AvgIpc) is 2.27. The lowest BCUT2D eigenvalue weighted by molar-refractivity contribution is -0.156. The highest BCUT2D eigenvalue weighted by molar-refractivity contribution is 5.85. The molecule has 1 atom stereocenters. The van der Waals surface area contributed by atoms with Crippen LogP contribution in [0.2, 0.25) is 0 Å². The van der Waals surface area contributed by atoms with E-state index in [1.54, 1.807) is 0 Å². The number of hydrogen-bond acceptors (Lipinski definition) is 3. The Morgan fingerprint density at radius 1 is 1.56 bits per heavy atom. The van der Waals surface area contributed by atoms with Crippen molar-refractivity contribution in [2.75, 3.05) is 7.11 Å². The first-order chi connectivity index (χ1) is 7.54.